The van der Waals surface area contributed by atoms with E-state index in [0.717, 1.165) is 19.0 Å². The molecule has 0 bridgehead atoms. The van der Waals surface area contributed by atoms with Crippen LogP contribution in [0.5, 0.6) is 0 Å². The molecule has 0 aliphatic carbocycles. The molecule has 0 saturated carbocycles. The van der Waals surface area contributed by atoms with Crippen LogP contribution in [0.1, 0.15) is 40.5 Å². The van der Waals surface area contributed by atoms with Gasteiger partial charge >= 0.3 is 0 Å². The van der Waals surface area contributed by atoms with Gasteiger partial charge in [0.1, 0.15) is 0 Å². The second kappa shape index (κ2) is 5.61. The van der Waals surface area contributed by atoms with E-state index in [0.29, 0.717) is 0 Å². The number of hydrogen-bond acceptors (Lipinski definition) is 2. The molecule has 80 valence electrons. The number of hydrogen-bond donors (Lipinski definition) is 1. The standard InChI is InChI=1S/C11H26N2/c1-10(2)7-6-8-13(5)11(3,4)9-12/h10H,6-9,12H2,1-5H3. The lowest BCUT2D eigenvalue weighted by Crippen LogP contribution is -2.47. The molecule has 0 fully saturated rings. The fourth-order valence-electron chi connectivity index (χ4n) is 1.20. The lowest BCUT2D eigenvalue weighted by molar-refractivity contribution is 0.159. The fraction of sp³-hybridized carbons (Fsp3) is 1.00. The number of nitrogens with zero attached hydrogens (tertiary/aromatic N) is 1. The Balaban J connectivity index is 3.68. The molecule has 0 rings (SSSR count). The molecule has 2 N–H and O–H groups in total. The van der Waals surface area contributed by atoms with Crippen molar-refractivity contribution >= 4 is 0 Å². The van der Waals surface area contributed by atoms with E-state index in [1.165, 1.54) is 12.8 Å². The minimum atomic E-state index is 0.150. The molecule has 0 unspecified atom stereocenters. The van der Waals surface area contributed by atoms with Crippen molar-refractivity contribution in [3.63, 3.8) is 0 Å². The van der Waals surface area contributed by atoms with Crippen LogP contribution in [0.4, 0.5) is 0 Å². The molecule has 0 heterocycles. The summed E-state index contributed by atoms with van der Waals surface area (Å²) >= 11 is 0. The topological polar surface area (TPSA) is 29.3 Å². The van der Waals surface area contributed by atoms with Crippen molar-refractivity contribution < 1.29 is 0 Å². The molecule has 2 heteroatoms. The summed E-state index contributed by atoms with van der Waals surface area (Å²) < 4.78 is 0. The minimum Gasteiger partial charge on any atom is -0.329 e. The van der Waals surface area contributed by atoms with Gasteiger partial charge in [-0.3, -0.25) is 4.90 Å². The van der Waals surface area contributed by atoms with Gasteiger partial charge in [-0.1, -0.05) is 13.8 Å². The van der Waals surface area contributed by atoms with Crippen molar-refractivity contribution in [3.05, 3.63) is 0 Å². The Hall–Kier alpha value is -0.0800. The predicted octanol–water partition coefficient (Wildman–Crippen LogP) is 2.09. The van der Waals surface area contributed by atoms with Gasteiger partial charge in [-0.15, -0.1) is 0 Å². The quantitative estimate of drug-likeness (QED) is 0.688. The van der Waals surface area contributed by atoms with E-state index >= 15 is 0 Å². The third-order valence-corrected chi connectivity index (χ3v) is 2.81. The first kappa shape index (κ1) is 12.9. The molecule has 0 radical (unpaired) electrons. The average molecular weight is 186 g/mol. The molecule has 0 aromatic rings. The van der Waals surface area contributed by atoms with Crippen LogP contribution in [0.2, 0.25) is 0 Å². The zero-order valence-corrected chi connectivity index (χ0v) is 9.93. The van der Waals surface area contributed by atoms with Crippen molar-refractivity contribution in [1.82, 2.24) is 4.90 Å². The molecule has 13 heavy (non-hydrogen) atoms. The highest BCUT2D eigenvalue weighted by atomic mass is 15.2. The SMILES string of the molecule is CC(C)CCCN(C)C(C)(C)CN. The van der Waals surface area contributed by atoms with Crippen molar-refractivity contribution in [2.24, 2.45) is 11.7 Å². The summed E-state index contributed by atoms with van der Waals surface area (Å²) in [4.78, 5) is 2.36. The lowest BCUT2D eigenvalue weighted by Gasteiger charge is -2.34. The van der Waals surface area contributed by atoms with Gasteiger partial charge in [0, 0.05) is 12.1 Å². The van der Waals surface area contributed by atoms with Crippen LogP contribution in [0.3, 0.4) is 0 Å². The second-order valence-corrected chi connectivity index (χ2v) is 4.97. The number of rotatable bonds is 6. The maximum atomic E-state index is 5.70. The van der Waals surface area contributed by atoms with Crippen molar-refractivity contribution in [3.8, 4) is 0 Å². The fourth-order valence-corrected chi connectivity index (χ4v) is 1.20. The van der Waals surface area contributed by atoms with E-state index in [-0.39, 0.29) is 5.54 Å². The van der Waals surface area contributed by atoms with Gasteiger partial charge in [0.2, 0.25) is 0 Å². The largest absolute Gasteiger partial charge is 0.329 e. The predicted molar refractivity (Wildman–Crippen MR) is 59.8 cm³/mol. The van der Waals surface area contributed by atoms with Gasteiger partial charge in [-0.25, -0.2) is 0 Å². The van der Waals surface area contributed by atoms with Gasteiger partial charge in [0.25, 0.3) is 0 Å². The highest BCUT2D eigenvalue weighted by molar-refractivity contribution is 4.79. The van der Waals surface area contributed by atoms with E-state index in [1.807, 2.05) is 0 Å². The Morgan fingerprint density at radius 3 is 2.23 bits per heavy atom. The Morgan fingerprint density at radius 1 is 1.31 bits per heavy atom. The van der Waals surface area contributed by atoms with E-state index in [1.54, 1.807) is 0 Å². The normalized spacial score (nSPS) is 12.9. The molecule has 0 atom stereocenters. The molecular weight excluding hydrogens is 160 g/mol. The monoisotopic (exact) mass is 186 g/mol. The van der Waals surface area contributed by atoms with Crippen molar-refractivity contribution in [2.45, 2.75) is 46.1 Å². The molecule has 0 aliphatic rings. The van der Waals surface area contributed by atoms with E-state index in [4.69, 9.17) is 5.73 Å². The van der Waals surface area contributed by atoms with Gasteiger partial charge in [0.05, 0.1) is 0 Å². The molecular formula is C11H26N2. The Bertz CT molecular complexity index is 130. The van der Waals surface area contributed by atoms with Crippen LogP contribution >= 0.6 is 0 Å². The summed E-state index contributed by atoms with van der Waals surface area (Å²) in [6, 6.07) is 0. The molecule has 2 nitrogen and oxygen atoms in total. The molecule has 0 aromatic heterocycles. The first-order valence-electron chi connectivity index (χ1n) is 5.31. The van der Waals surface area contributed by atoms with Crippen LogP contribution in [-0.2, 0) is 0 Å². The average Bonchev–Trinajstić information content (AvgIpc) is 2.03. The van der Waals surface area contributed by atoms with E-state index in [9.17, 15) is 0 Å². The molecule has 0 amide bonds. The maximum Gasteiger partial charge on any atom is 0.0272 e. The molecule has 0 aliphatic heterocycles. The highest BCUT2D eigenvalue weighted by Gasteiger charge is 2.20. The van der Waals surface area contributed by atoms with Crippen LogP contribution in [0, 0.1) is 5.92 Å². The first-order valence-corrected chi connectivity index (χ1v) is 5.31. The summed E-state index contributed by atoms with van der Waals surface area (Å²) in [5.74, 6) is 0.814. The van der Waals surface area contributed by atoms with E-state index in [2.05, 4.69) is 39.6 Å². The molecule has 0 saturated heterocycles. The zero-order chi connectivity index (χ0) is 10.5. The van der Waals surface area contributed by atoms with Gasteiger partial charge in [-0.05, 0) is 46.2 Å². The minimum absolute atomic E-state index is 0.150. The second-order valence-electron chi connectivity index (χ2n) is 4.97. The van der Waals surface area contributed by atoms with Crippen LogP contribution < -0.4 is 5.73 Å². The Morgan fingerprint density at radius 2 is 1.85 bits per heavy atom. The summed E-state index contributed by atoms with van der Waals surface area (Å²) in [6.07, 6.45) is 2.59. The molecule has 0 aromatic carbocycles. The third-order valence-electron chi connectivity index (χ3n) is 2.81. The van der Waals surface area contributed by atoms with Crippen LogP contribution in [-0.4, -0.2) is 30.6 Å². The Labute approximate surface area is 83.5 Å². The number of likely N-dealkylation sites (N-methyl/N-ethyl adjacent to an activating group) is 1. The summed E-state index contributed by atoms with van der Waals surface area (Å²) in [6.45, 7) is 10.8. The smallest absolute Gasteiger partial charge is 0.0272 e. The summed E-state index contributed by atoms with van der Waals surface area (Å²) in [5, 5.41) is 0. The van der Waals surface area contributed by atoms with Gasteiger partial charge in [-0.2, -0.15) is 0 Å². The first-order chi connectivity index (χ1) is 5.90. The van der Waals surface area contributed by atoms with Crippen LogP contribution in [0.15, 0.2) is 0 Å². The molecule has 0 spiro atoms. The van der Waals surface area contributed by atoms with E-state index < -0.39 is 0 Å². The van der Waals surface area contributed by atoms with Crippen LogP contribution in [0.25, 0.3) is 0 Å². The zero-order valence-electron chi connectivity index (χ0n) is 9.93. The van der Waals surface area contributed by atoms with Crippen molar-refractivity contribution in [1.29, 1.82) is 0 Å². The van der Waals surface area contributed by atoms with Gasteiger partial charge in [0.15, 0.2) is 0 Å². The summed E-state index contributed by atoms with van der Waals surface area (Å²) in [5.41, 5.74) is 5.85. The number of nitrogens with two attached hydrogens (primary N) is 1. The van der Waals surface area contributed by atoms with Gasteiger partial charge < -0.3 is 5.73 Å². The third kappa shape index (κ3) is 5.27. The summed E-state index contributed by atoms with van der Waals surface area (Å²) in [7, 11) is 2.16. The Kier molecular flexibility index (Phi) is 5.57. The maximum absolute atomic E-state index is 5.70. The highest BCUT2D eigenvalue weighted by Crippen LogP contribution is 2.12. The lowest BCUT2D eigenvalue weighted by atomic mass is 10.0. The van der Waals surface area contributed by atoms with Crippen molar-refractivity contribution in [2.75, 3.05) is 20.1 Å².